The largest absolute Gasteiger partial charge is 2.00 e. The molecule has 1 aliphatic rings. The molecule has 1 heterocycles. The fourth-order valence-electron chi connectivity index (χ4n) is 13.1. The van der Waals surface area contributed by atoms with Gasteiger partial charge in [-0.25, -0.2) is 0 Å². The second-order valence-electron chi connectivity index (χ2n) is 30.4. The van der Waals surface area contributed by atoms with Gasteiger partial charge in [-0.1, -0.05) is 448 Å². The number of methoxy groups -OCH3 is 1. The van der Waals surface area contributed by atoms with E-state index in [9.17, 15) is 8.42 Å². The van der Waals surface area contributed by atoms with Gasteiger partial charge < -0.3 is 64.9 Å². The zero-order chi connectivity index (χ0) is 79.1. The number of halogens is 4. The van der Waals surface area contributed by atoms with E-state index in [1.165, 1.54) is 390 Å². The Bertz CT molecular complexity index is 1900. The molecule has 3 rings (SSSR count). The van der Waals surface area contributed by atoms with Crippen LogP contribution < -0.4 is 38.7 Å². The van der Waals surface area contributed by atoms with Crippen LogP contribution in [0.1, 0.15) is 461 Å². The number of hydrogen-bond acceptors (Lipinski definition) is 7. The first kappa shape index (κ1) is 135. The number of thioether (sulfide) groups is 1. The third-order valence-corrected chi connectivity index (χ3v) is 21.8. The summed E-state index contributed by atoms with van der Waals surface area (Å²) in [6.07, 6.45) is 90.0. The van der Waals surface area contributed by atoms with Gasteiger partial charge in [0.15, 0.2) is 0 Å². The van der Waals surface area contributed by atoms with Gasteiger partial charge in [0.2, 0.25) is 0 Å². The Morgan fingerprint density at radius 1 is 0.414 bits per heavy atom. The van der Waals surface area contributed by atoms with Crippen LogP contribution in [0.2, 0.25) is 0 Å². The molecular weight excluding hydrogens is 1760 g/mol. The second kappa shape index (κ2) is 124. The number of benzene rings is 2. The zero-order valence-electron chi connectivity index (χ0n) is 77.3. The molecule has 2 unspecified atom stereocenters. The van der Waals surface area contributed by atoms with Crippen LogP contribution in [0.3, 0.4) is 0 Å². The van der Waals surface area contributed by atoms with Crippen LogP contribution in [0.25, 0.3) is 0 Å². The first-order chi connectivity index (χ1) is 52.1. The Labute approximate surface area is 797 Å². The zero-order valence-corrected chi connectivity index (χ0v) is 88.4. The second-order valence-corrected chi connectivity index (χ2v) is 33.6. The summed E-state index contributed by atoms with van der Waals surface area (Å²) in [6, 6.07) is 16.7. The van der Waals surface area contributed by atoms with Gasteiger partial charge in [-0.15, -0.1) is 0 Å². The van der Waals surface area contributed by atoms with E-state index in [0.29, 0.717) is 19.1 Å². The molecule has 0 saturated carbocycles. The maximum Gasteiger partial charge on any atom is 2.00 e. The molecule has 1 fully saturated rings. The molecule has 2 aromatic carbocycles. The van der Waals surface area contributed by atoms with Crippen LogP contribution in [0, 0.1) is 25.7 Å². The van der Waals surface area contributed by atoms with Crippen molar-refractivity contribution in [3.05, 3.63) is 74.0 Å². The van der Waals surface area contributed by atoms with Crippen molar-refractivity contribution >= 4 is 121 Å². The average Bonchev–Trinajstić information content (AvgIpc) is 1.15. The monoisotopic (exact) mass is 1940 g/mol. The van der Waals surface area contributed by atoms with Crippen LogP contribution >= 0.6 is 41.8 Å². The molecule has 2 atom stereocenters. The van der Waals surface area contributed by atoms with Crippen molar-refractivity contribution < 1.29 is 77.8 Å². The summed E-state index contributed by atoms with van der Waals surface area (Å²) in [5, 5.41) is 1.18. The number of hydrogen-bond donors (Lipinski definition) is 0. The third-order valence-electron chi connectivity index (χ3n) is 20.0. The minimum Gasteiger partial charge on any atom is -1.00 e. The van der Waals surface area contributed by atoms with E-state index in [1.807, 2.05) is 30.7 Å². The van der Waals surface area contributed by atoms with E-state index < -0.39 is 10.1 Å². The normalized spacial score (nSPS) is 11.5. The number of alkyl halides is 1. The van der Waals surface area contributed by atoms with Crippen LogP contribution in [0.15, 0.2) is 59.5 Å². The summed E-state index contributed by atoms with van der Waals surface area (Å²) in [5.74, 6) is 2.25. The minimum atomic E-state index is -3.65. The van der Waals surface area contributed by atoms with E-state index >= 15 is 0 Å². The van der Waals surface area contributed by atoms with E-state index in [0.717, 1.165) is 57.2 Å². The molecule has 1 saturated heterocycles. The van der Waals surface area contributed by atoms with Gasteiger partial charge >= 0.3 is 97.5 Å². The molecule has 6 nitrogen and oxygen atoms in total. The first-order valence-electron chi connectivity index (χ1n) is 45.4. The maximum absolute atomic E-state index is 12.5. The van der Waals surface area contributed by atoms with E-state index in [-0.39, 0.29) is 111 Å². The quantitative estimate of drug-likeness (QED) is 0.0215. The summed E-state index contributed by atoms with van der Waals surface area (Å²) in [4.78, 5) is 0.260. The molecule has 16 heteroatoms. The van der Waals surface area contributed by atoms with Crippen LogP contribution in [-0.2, 0) is 44.6 Å². The van der Waals surface area contributed by atoms with Crippen molar-refractivity contribution in [3.8, 4) is 5.75 Å². The Morgan fingerprint density at radius 2 is 0.685 bits per heavy atom. The van der Waals surface area contributed by atoms with Crippen molar-refractivity contribution in [1.82, 2.24) is 0 Å². The third kappa shape index (κ3) is 117. The van der Waals surface area contributed by atoms with Gasteiger partial charge in [0.1, 0.15) is 5.75 Å². The van der Waals surface area contributed by atoms with Gasteiger partial charge in [-0.05, 0) is 92.7 Å². The molecule has 658 valence electrons. The average molecular weight is 1940 g/mol. The van der Waals surface area contributed by atoms with E-state index in [4.69, 9.17) is 18.4 Å². The fourth-order valence-corrected chi connectivity index (χ4v) is 14.4. The predicted molar refractivity (Wildman–Crippen MR) is 503 cm³/mol. The molecule has 0 spiro atoms. The van der Waals surface area contributed by atoms with Gasteiger partial charge in [-0.2, -0.15) is 33.0 Å². The standard InChI is InChI=1S/C36H66O2.C26H46O3S.C9H19Br.2C9H19.C4H8O.C2H6S.3BrH.Cu.3Mg.2H/c1-4-6-8-10-12-14-18-22-26-34(25-21-17-11-9-7-5-2)27-23-19-15-13-16-20-24-32-38-33-35-28-30-36(37-3)31-29-35;1-3-5-7-9-11-12-14-17-21-25(20-16-13-10-8-6-4-2)24-29-30(27,28)26-22-18-15-19-23-26;1-2-3-4-5-6-7-8-9-10;2*1-3-5-7-9-8-6-4-2;1-2-4-5-3-1;1-3-2;;;;;;;;;/h28-31,34H,4-27,32-33H2,1-3H3;15,18-19,22-23,25H,3-14,16-17,20-21,24H2,1-2H3;2-9H2,1H3;2*1,3-9H2,2H3;1-4H2;1-2H3;3*1H;;;;;;/q;;;2*-1;;;;;;+1;3*+2;2*-1/p-3. The predicted octanol–water partition coefficient (Wildman–Crippen LogP) is 27.5. The Morgan fingerprint density at radius 3 is 0.955 bits per heavy atom. The smallest absolute Gasteiger partial charge is 1.00 e. The molecule has 111 heavy (non-hydrogen) atoms. The summed E-state index contributed by atoms with van der Waals surface area (Å²) < 4.78 is 46.4. The number of ether oxygens (including phenoxy) is 3. The van der Waals surface area contributed by atoms with E-state index in [2.05, 4.69) is 119 Å². The van der Waals surface area contributed by atoms with Crippen LogP contribution in [0.4, 0.5) is 0 Å². The molecule has 0 bridgehead atoms. The molecule has 1 aliphatic heterocycles. The van der Waals surface area contributed by atoms with Crippen molar-refractivity contribution in [3.63, 3.8) is 0 Å². The van der Waals surface area contributed by atoms with E-state index in [1.54, 1.807) is 43.1 Å². The topological polar surface area (TPSA) is 71.1 Å². The van der Waals surface area contributed by atoms with Gasteiger partial charge in [-0.3, -0.25) is 4.18 Å². The van der Waals surface area contributed by atoms with Crippen molar-refractivity contribution in [2.45, 2.75) is 464 Å². The molecule has 0 radical (unpaired) electrons. The minimum absolute atomic E-state index is 0. The maximum atomic E-state index is 12.5. The van der Waals surface area contributed by atoms with Crippen molar-refractivity contribution in [1.29, 1.82) is 0 Å². The summed E-state index contributed by atoms with van der Waals surface area (Å²) in [7, 11) is -1.94. The summed E-state index contributed by atoms with van der Waals surface area (Å²) in [6.45, 7) is 27.4. The molecule has 0 amide bonds. The molecule has 0 aromatic heterocycles. The van der Waals surface area contributed by atoms with Crippen LogP contribution in [0.5, 0.6) is 5.75 Å². The number of rotatable bonds is 68. The Hall–Kier alpha value is 3.16. The Kier molecular flexibility index (Phi) is 150. The number of unbranched alkanes of at least 4 members (excludes halogenated alkanes) is 48. The SMILES string of the molecule is C1CCOC1.CCCCCCCCCBr.CCCCCCCCCCC(CCCCCCCC)CCCCCCCCCOCc1ccc(OC)cc1.CCCCCCCCCCC(CCCCCCCC)COS(=O)(=O)c1ccccc1.CSC.[Br-].[Br-].[CH2-]CCCCCCCC.[CH2-]CCCCCCCC.[Cu][Br].[H-].[H-].[Mg+2].[Mg+2].[Mg+2]. The Balaban J connectivity index is -0.000000119. The van der Waals surface area contributed by atoms with Crippen molar-refractivity contribution in [2.75, 3.05) is 51.4 Å². The first-order valence-corrected chi connectivity index (χ1v) is 51.9. The van der Waals surface area contributed by atoms with Gasteiger partial charge in [0.05, 0.1) is 25.2 Å². The molecular formula is C95H185Br4CuMg3O6S2. The molecule has 2 aromatic rings. The van der Waals surface area contributed by atoms with Crippen LogP contribution in [-0.4, -0.2) is 129 Å². The van der Waals surface area contributed by atoms with Crippen molar-refractivity contribution in [2.24, 2.45) is 11.8 Å². The fraction of sp³-hybridized carbons (Fsp3) is 0.853. The summed E-state index contributed by atoms with van der Waals surface area (Å²) >= 11 is 11.7. The molecule has 0 N–H and O–H groups in total. The molecule has 0 aliphatic carbocycles. The van der Waals surface area contributed by atoms with Gasteiger partial charge in [0, 0.05) is 25.2 Å². The van der Waals surface area contributed by atoms with Gasteiger partial charge in [0.25, 0.3) is 10.1 Å². The summed E-state index contributed by atoms with van der Waals surface area (Å²) in [5.41, 5.74) is 1.23.